The van der Waals surface area contributed by atoms with Crippen LogP contribution in [0.25, 0.3) is 6.08 Å². The van der Waals surface area contributed by atoms with Crippen molar-refractivity contribution in [1.82, 2.24) is 0 Å². The fraction of sp³-hybridized carbons (Fsp3) is 0.571. The number of carbonyl (C=O) groups is 2. The second-order valence-electron chi connectivity index (χ2n) is 8.22. The van der Waals surface area contributed by atoms with Crippen LogP contribution >= 0.6 is 0 Å². The highest BCUT2D eigenvalue weighted by atomic mass is 16.5. The Morgan fingerprint density at radius 2 is 1.38 bits per heavy atom. The number of hydrogen-bond acceptors (Lipinski definition) is 3. The standard InChI is InChI=1S/C18H34O2.C10H10O2/c1-4-5-6-7-8-9-10-11-12-13-14-15-16-20-18(19)17(2)3;11-10(12)8-4-7-9-5-2-1-3-6-9/h2,4-16H2,1,3H3;1-7H,8H2,(H,11,12). The lowest BCUT2D eigenvalue weighted by atomic mass is 10.1. The van der Waals surface area contributed by atoms with Gasteiger partial charge in [-0.1, -0.05) is 127 Å². The smallest absolute Gasteiger partial charge is 0.333 e. The van der Waals surface area contributed by atoms with Crippen LogP contribution in [0.2, 0.25) is 0 Å². The van der Waals surface area contributed by atoms with Gasteiger partial charge in [0.25, 0.3) is 0 Å². The molecule has 0 radical (unpaired) electrons. The van der Waals surface area contributed by atoms with Crippen molar-refractivity contribution in [2.75, 3.05) is 6.61 Å². The maximum absolute atomic E-state index is 11.1. The molecule has 32 heavy (non-hydrogen) atoms. The second kappa shape index (κ2) is 21.9. The molecule has 0 unspecified atom stereocenters. The Hall–Kier alpha value is -2.36. The van der Waals surface area contributed by atoms with E-state index >= 15 is 0 Å². The molecule has 1 rings (SSSR count). The van der Waals surface area contributed by atoms with Crippen molar-refractivity contribution in [3.63, 3.8) is 0 Å². The molecule has 1 N–H and O–H groups in total. The number of rotatable bonds is 17. The van der Waals surface area contributed by atoms with Crippen molar-refractivity contribution in [2.24, 2.45) is 0 Å². The first-order chi connectivity index (χ1) is 15.5. The highest BCUT2D eigenvalue weighted by Gasteiger charge is 2.01. The Labute approximate surface area is 195 Å². The molecule has 0 aromatic heterocycles. The first-order valence-electron chi connectivity index (χ1n) is 12.2. The molecule has 0 aliphatic carbocycles. The average molecular weight is 445 g/mol. The van der Waals surface area contributed by atoms with Gasteiger partial charge in [-0.05, 0) is 18.9 Å². The Balaban J connectivity index is 0.000000677. The molecule has 0 saturated heterocycles. The molecule has 4 nitrogen and oxygen atoms in total. The zero-order chi connectivity index (χ0) is 23.9. The average Bonchev–Trinajstić information content (AvgIpc) is 2.77. The number of carboxylic acids is 1. The minimum atomic E-state index is -0.804. The summed E-state index contributed by atoms with van der Waals surface area (Å²) in [6.07, 6.45) is 19.4. The van der Waals surface area contributed by atoms with Gasteiger partial charge in [-0.3, -0.25) is 4.79 Å². The third kappa shape index (κ3) is 20.9. The lowest BCUT2D eigenvalue weighted by Crippen LogP contribution is -2.05. The lowest BCUT2D eigenvalue weighted by molar-refractivity contribution is -0.139. The van der Waals surface area contributed by atoms with Crippen LogP contribution in [-0.2, 0) is 14.3 Å². The SMILES string of the molecule is C=C(C)C(=O)OCCCCCCCCCCCCCC.O=C(O)CC=Cc1ccccc1. The molecule has 0 amide bonds. The van der Waals surface area contributed by atoms with Gasteiger partial charge in [0.2, 0.25) is 0 Å². The topological polar surface area (TPSA) is 63.6 Å². The highest BCUT2D eigenvalue weighted by Crippen LogP contribution is 2.12. The molecule has 1 aromatic rings. The van der Waals surface area contributed by atoms with Crippen LogP contribution in [-0.4, -0.2) is 23.7 Å². The minimum Gasteiger partial charge on any atom is -0.481 e. The molecular formula is C28H44O4. The summed E-state index contributed by atoms with van der Waals surface area (Å²) in [5.74, 6) is -1.06. The second-order valence-corrected chi connectivity index (χ2v) is 8.22. The Bertz CT molecular complexity index is 634. The highest BCUT2D eigenvalue weighted by molar-refractivity contribution is 5.86. The number of aliphatic carboxylic acids is 1. The summed E-state index contributed by atoms with van der Waals surface area (Å²) in [6, 6.07) is 9.62. The molecule has 0 heterocycles. The maximum atomic E-state index is 11.1. The van der Waals surface area contributed by atoms with Gasteiger partial charge in [0.1, 0.15) is 0 Å². The van der Waals surface area contributed by atoms with Gasteiger partial charge in [-0.15, -0.1) is 0 Å². The van der Waals surface area contributed by atoms with Gasteiger partial charge in [0.05, 0.1) is 13.0 Å². The number of unbranched alkanes of at least 4 members (excludes halogenated alkanes) is 11. The van der Waals surface area contributed by atoms with Crippen LogP contribution in [0, 0.1) is 0 Å². The normalized spacial score (nSPS) is 10.4. The number of hydrogen-bond donors (Lipinski definition) is 1. The van der Waals surface area contributed by atoms with E-state index < -0.39 is 5.97 Å². The molecule has 1 aromatic carbocycles. The van der Waals surface area contributed by atoms with Gasteiger partial charge in [0.15, 0.2) is 0 Å². The third-order valence-electron chi connectivity index (χ3n) is 4.98. The fourth-order valence-electron chi connectivity index (χ4n) is 3.09. The summed E-state index contributed by atoms with van der Waals surface area (Å²) in [7, 11) is 0. The first kappa shape index (κ1) is 29.6. The molecule has 0 atom stereocenters. The zero-order valence-electron chi connectivity index (χ0n) is 20.3. The van der Waals surface area contributed by atoms with Crippen molar-refractivity contribution in [2.45, 2.75) is 97.3 Å². The van der Waals surface area contributed by atoms with Crippen molar-refractivity contribution in [1.29, 1.82) is 0 Å². The number of carboxylic acid groups (broad SMARTS) is 1. The minimum absolute atomic E-state index is 0.0783. The largest absolute Gasteiger partial charge is 0.481 e. The maximum Gasteiger partial charge on any atom is 0.333 e. The summed E-state index contributed by atoms with van der Waals surface area (Å²) >= 11 is 0. The van der Waals surface area contributed by atoms with Gasteiger partial charge < -0.3 is 9.84 Å². The molecule has 180 valence electrons. The monoisotopic (exact) mass is 444 g/mol. The van der Waals surface area contributed by atoms with E-state index in [1.807, 2.05) is 30.3 Å². The molecule has 0 aliphatic heterocycles. The van der Waals surface area contributed by atoms with E-state index in [1.54, 1.807) is 19.1 Å². The Morgan fingerprint density at radius 3 is 1.84 bits per heavy atom. The predicted octanol–water partition coefficient (Wildman–Crippen LogP) is 7.98. The summed E-state index contributed by atoms with van der Waals surface area (Å²) in [5.41, 5.74) is 1.52. The van der Waals surface area contributed by atoms with Gasteiger partial charge in [-0.25, -0.2) is 4.79 Å². The van der Waals surface area contributed by atoms with Crippen molar-refractivity contribution < 1.29 is 19.4 Å². The van der Waals surface area contributed by atoms with Crippen LogP contribution < -0.4 is 0 Å². The molecule has 0 saturated carbocycles. The predicted molar refractivity (Wildman–Crippen MR) is 135 cm³/mol. The fourth-order valence-corrected chi connectivity index (χ4v) is 3.09. The van der Waals surface area contributed by atoms with Crippen LogP contribution in [0.1, 0.15) is 103 Å². The van der Waals surface area contributed by atoms with Crippen LogP contribution in [0.3, 0.4) is 0 Å². The zero-order valence-corrected chi connectivity index (χ0v) is 20.3. The van der Waals surface area contributed by atoms with Crippen LogP contribution in [0.5, 0.6) is 0 Å². The third-order valence-corrected chi connectivity index (χ3v) is 4.98. The Kier molecular flexibility index (Phi) is 20.2. The molecule has 0 spiro atoms. The molecule has 0 aliphatic rings. The van der Waals surface area contributed by atoms with E-state index in [0.717, 1.165) is 12.0 Å². The van der Waals surface area contributed by atoms with E-state index in [-0.39, 0.29) is 12.4 Å². The number of carbonyl (C=O) groups excluding carboxylic acids is 1. The van der Waals surface area contributed by atoms with Crippen molar-refractivity contribution >= 4 is 18.0 Å². The van der Waals surface area contributed by atoms with Gasteiger partial charge >= 0.3 is 11.9 Å². The van der Waals surface area contributed by atoms with Crippen LogP contribution in [0.4, 0.5) is 0 Å². The summed E-state index contributed by atoms with van der Waals surface area (Å²) < 4.78 is 5.06. The first-order valence-corrected chi connectivity index (χ1v) is 12.2. The van der Waals surface area contributed by atoms with E-state index in [2.05, 4.69) is 13.5 Å². The quantitative estimate of drug-likeness (QED) is 0.150. The molecular weight excluding hydrogens is 400 g/mol. The molecule has 4 heteroatoms. The number of benzene rings is 1. The van der Waals surface area contributed by atoms with Gasteiger partial charge in [-0.2, -0.15) is 0 Å². The summed E-state index contributed by atoms with van der Waals surface area (Å²) in [4.78, 5) is 21.3. The van der Waals surface area contributed by atoms with Crippen LogP contribution in [0.15, 0.2) is 48.6 Å². The van der Waals surface area contributed by atoms with E-state index in [0.29, 0.717) is 12.2 Å². The summed E-state index contributed by atoms with van der Waals surface area (Å²) in [6.45, 7) is 8.05. The lowest BCUT2D eigenvalue weighted by Gasteiger charge is -2.04. The van der Waals surface area contributed by atoms with Gasteiger partial charge in [0, 0.05) is 5.57 Å². The van der Waals surface area contributed by atoms with E-state index in [1.165, 1.54) is 70.6 Å². The van der Waals surface area contributed by atoms with E-state index in [4.69, 9.17) is 9.84 Å². The molecule has 0 fully saturated rings. The number of ether oxygens (including phenoxy) is 1. The molecule has 0 bridgehead atoms. The van der Waals surface area contributed by atoms with Crippen molar-refractivity contribution in [3.8, 4) is 0 Å². The summed E-state index contributed by atoms with van der Waals surface area (Å²) in [5, 5.41) is 8.34. The Morgan fingerprint density at radius 1 is 0.875 bits per heavy atom. The van der Waals surface area contributed by atoms with Crippen molar-refractivity contribution in [3.05, 3.63) is 54.1 Å². The van der Waals surface area contributed by atoms with E-state index in [9.17, 15) is 9.59 Å². The number of esters is 1.